The third-order valence-corrected chi connectivity index (χ3v) is 4.86. The van der Waals surface area contributed by atoms with Gasteiger partial charge in [0.05, 0.1) is 11.4 Å². The van der Waals surface area contributed by atoms with E-state index in [1.165, 1.54) is 5.56 Å². The van der Waals surface area contributed by atoms with Gasteiger partial charge in [-0.3, -0.25) is 14.8 Å². The van der Waals surface area contributed by atoms with Crippen molar-refractivity contribution in [3.63, 3.8) is 0 Å². The van der Waals surface area contributed by atoms with Gasteiger partial charge in [0.15, 0.2) is 0 Å². The number of aromatic nitrogens is 3. The fourth-order valence-electron chi connectivity index (χ4n) is 2.43. The van der Waals surface area contributed by atoms with Crippen molar-refractivity contribution in [2.45, 2.75) is 19.3 Å². The molecule has 6 heteroatoms. The van der Waals surface area contributed by atoms with E-state index in [9.17, 15) is 4.79 Å². The monoisotopic (exact) mass is 352 g/mol. The molecule has 1 amide bonds. The van der Waals surface area contributed by atoms with Crippen molar-refractivity contribution in [3.05, 3.63) is 65.6 Å². The molecule has 0 saturated heterocycles. The maximum Gasteiger partial charge on any atom is 0.222 e. The van der Waals surface area contributed by atoms with Crippen molar-refractivity contribution >= 4 is 17.2 Å². The molecule has 3 aromatic heterocycles. The molecule has 0 aromatic carbocycles. The molecule has 0 atom stereocenters. The van der Waals surface area contributed by atoms with Crippen LogP contribution in [0.2, 0.25) is 0 Å². The molecule has 3 heterocycles. The molecule has 128 valence electrons. The summed E-state index contributed by atoms with van der Waals surface area (Å²) in [5, 5.41) is 2.91. The highest BCUT2D eigenvalue weighted by Gasteiger charge is 2.11. The van der Waals surface area contributed by atoms with Crippen LogP contribution in [0.25, 0.3) is 10.7 Å². The van der Waals surface area contributed by atoms with Gasteiger partial charge in [-0.15, -0.1) is 11.3 Å². The minimum absolute atomic E-state index is 0.140. The van der Waals surface area contributed by atoms with Crippen molar-refractivity contribution in [1.82, 2.24) is 19.9 Å². The lowest BCUT2D eigenvalue weighted by Crippen LogP contribution is -2.29. The quantitative estimate of drug-likeness (QED) is 0.655. The van der Waals surface area contributed by atoms with Crippen LogP contribution in [0.1, 0.15) is 17.7 Å². The average molecular weight is 352 g/mol. The highest BCUT2D eigenvalue weighted by molar-refractivity contribution is 7.13. The van der Waals surface area contributed by atoms with Crippen LogP contribution < -0.4 is 0 Å². The third-order valence-electron chi connectivity index (χ3n) is 3.94. The largest absolute Gasteiger partial charge is 0.345 e. The number of amides is 1. The van der Waals surface area contributed by atoms with Gasteiger partial charge in [0.2, 0.25) is 5.91 Å². The molecule has 5 nitrogen and oxygen atoms in total. The van der Waals surface area contributed by atoms with Gasteiger partial charge in [0.1, 0.15) is 5.01 Å². The Morgan fingerprint density at radius 1 is 1.12 bits per heavy atom. The van der Waals surface area contributed by atoms with E-state index < -0.39 is 0 Å². The van der Waals surface area contributed by atoms with Gasteiger partial charge in [-0.2, -0.15) is 0 Å². The molecular weight excluding hydrogens is 332 g/mol. The number of hydrogen-bond donors (Lipinski definition) is 0. The number of rotatable bonds is 7. The van der Waals surface area contributed by atoms with Crippen LogP contribution in [0.3, 0.4) is 0 Å². The van der Waals surface area contributed by atoms with E-state index in [0.29, 0.717) is 19.4 Å². The SMILES string of the molecule is CN(CCc1ccncc1)C(=O)CCc1csc(-c2ccccn2)n1. The van der Waals surface area contributed by atoms with Crippen LogP contribution in [-0.2, 0) is 17.6 Å². The second-order valence-electron chi connectivity index (χ2n) is 5.78. The van der Waals surface area contributed by atoms with Crippen LogP contribution in [-0.4, -0.2) is 39.4 Å². The first-order valence-electron chi connectivity index (χ1n) is 8.21. The summed E-state index contributed by atoms with van der Waals surface area (Å²) in [7, 11) is 1.85. The van der Waals surface area contributed by atoms with E-state index in [2.05, 4.69) is 15.0 Å². The van der Waals surface area contributed by atoms with Gasteiger partial charge < -0.3 is 4.90 Å². The molecule has 0 aliphatic carbocycles. The predicted molar refractivity (Wildman–Crippen MR) is 99.2 cm³/mol. The first kappa shape index (κ1) is 17.2. The molecule has 25 heavy (non-hydrogen) atoms. The van der Waals surface area contributed by atoms with Gasteiger partial charge in [-0.1, -0.05) is 6.07 Å². The normalized spacial score (nSPS) is 10.6. The first-order chi connectivity index (χ1) is 12.2. The first-order valence-corrected chi connectivity index (χ1v) is 9.09. The Hall–Kier alpha value is -2.60. The highest BCUT2D eigenvalue weighted by Crippen LogP contribution is 2.22. The lowest BCUT2D eigenvalue weighted by Gasteiger charge is -2.16. The van der Waals surface area contributed by atoms with Crippen LogP contribution in [0.15, 0.2) is 54.3 Å². The fourth-order valence-corrected chi connectivity index (χ4v) is 3.26. The second-order valence-corrected chi connectivity index (χ2v) is 6.64. The number of carbonyl (C=O) groups excluding carboxylic acids is 1. The van der Waals surface area contributed by atoms with Crippen molar-refractivity contribution in [2.75, 3.05) is 13.6 Å². The predicted octanol–water partition coefficient (Wildman–Crippen LogP) is 3.23. The zero-order valence-electron chi connectivity index (χ0n) is 14.1. The smallest absolute Gasteiger partial charge is 0.222 e. The number of carbonyl (C=O) groups is 1. The molecular formula is C19H20N4OS. The maximum absolute atomic E-state index is 12.3. The van der Waals surface area contributed by atoms with E-state index in [-0.39, 0.29) is 5.91 Å². The van der Waals surface area contributed by atoms with E-state index in [0.717, 1.165) is 22.8 Å². The van der Waals surface area contributed by atoms with Crippen molar-refractivity contribution < 1.29 is 4.79 Å². The molecule has 0 bridgehead atoms. The summed E-state index contributed by atoms with van der Waals surface area (Å²) in [4.78, 5) is 27.0. The number of hydrogen-bond acceptors (Lipinski definition) is 5. The average Bonchev–Trinajstić information content (AvgIpc) is 3.15. The van der Waals surface area contributed by atoms with E-state index >= 15 is 0 Å². The molecule has 3 aromatic rings. The van der Waals surface area contributed by atoms with E-state index in [4.69, 9.17) is 0 Å². The van der Waals surface area contributed by atoms with Crippen LogP contribution in [0.4, 0.5) is 0 Å². The second kappa shape index (κ2) is 8.48. The molecule has 0 unspecified atom stereocenters. The maximum atomic E-state index is 12.3. The minimum Gasteiger partial charge on any atom is -0.345 e. The van der Waals surface area contributed by atoms with Gasteiger partial charge in [0.25, 0.3) is 0 Å². The summed E-state index contributed by atoms with van der Waals surface area (Å²) in [6, 6.07) is 9.74. The molecule has 0 N–H and O–H groups in total. The summed E-state index contributed by atoms with van der Waals surface area (Å²) < 4.78 is 0. The lowest BCUT2D eigenvalue weighted by molar-refractivity contribution is -0.129. The standard InChI is InChI=1S/C19H20N4OS/c1-23(13-9-15-7-11-20-12-8-15)18(24)6-5-16-14-25-19(22-16)17-4-2-3-10-21-17/h2-4,7-8,10-12,14H,5-6,9,13H2,1H3. The van der Waals surface area contributed by atoms with E-state index in [1.54, 1.807) is 34.8 Å². The molecule has 3 rings (SSSR count). The third kappa shape index (κ3) is 4.93. The number of pyridine rings is 2. The van der Waals surface area contributed by atoms with Gasteiger partial charge >= 0.3 is 0 Å². The number of likely N-dealkylation sites (N-methyl/N-ethyl adjacent to an activating group) is 1. The van der Waals surface area contributed by atoms with Crippen molar-refractivity contribution in [1.29, 1.82) is 0 Å². The summed E-state index contributed by atoms with van der Waals surface area (Å²) in [6.45, 7) is 0.707. The molecule has 0 aliphatic rings. The topological polar surface area (TPSA) is 59.0 Å². The Morgan fingerprint density at radius 2 is 1.96 bits per heavy atom. The minimum atomic E-state index is 0.140. The van der Waals surface area contributed by atoms with Crippen LogP contribution >= 0.6 is 11.3 Å². The highest BCUT2D eigenvalue weighted by atomic mass is 32.1. The zero-order valence-corrected chi connectivity index (χ0v) is 14.9. The Bertz CT molecular complexity index is 805. The number of aryl methyl sites for hydroxylation is 1. The molecule has 0 saturated carbocycles. The summed E-state index contributed by atoms with van der Waals surface area (Å²) in [5.41, 5.74) is 3.01. The summed E-state index contributed by atoms with van der Waals surface area (Å²) in [5.74, 6) is 0.140. The fraction of sp³-hybridized carbons (Fsp3) is 0.263. The molecule has 0 fully saturated rings. The Balaban J connectivity index is 1.48. The Morgan fingerprint density at radius 3 is 2.72 bits per heavy atom. The van der Waals surface area contributed by atoms with Crippen LogP contribution in [0, 0.1) is 0 Å². The molecule has 0 radical (unpaired) electrons. The summed E-state index contributed by atoms with van der Waals surface area (Å²) >= 11 is 1.57. The zero-order chi connectivity index (χ0) is 17.5. The van der Waals surface area contributed by atoms with Gasteiger partial charge in [0, 0.05) is 44.0 Å². The van der Waals surface area contributed by atoms with Gasteiger partial charge in [-0.05, 0) is 42.7 Å². The van der Waals surface area contributed by atoms with Crippen molar-refractivity contribution in [3.8, 4) is 10.7 Å². The Labute approximate surface area is 151 Å². The van der Waals surface area contributed by atoms with Crippen molar-refractivity contribution in [2.24, 2.45) is 0 Å². The Kier molecular flexibility index (Phi) is 5.85. The number of thiazole rings is 1. The van der Waals surface area contributed by atoms with E-state index in [1.807, 2.05) is 42.8 Å². The van der Waals surface area contributed by atoms with Gasteiger partial charge in [-0.25, -0.2) is 4.98 Å². The molecule has 0 aliphatic heterocycles. The summed E-state index contributed by atoms with van der Waals surface area (Å²) in [6.07, 6.45) is 7.28. The molecule has 0 spiro atoms. The lowest BCUT2D eigenvalue weighted by atomic mass is 10.2. The number of nitrogens with zero attached hydrogens (tertiary/aromatic N) is 4. The van der Waals surface area contributed by atoms with Crippen LogP contribution in [0.5, 0.6) is 0 Å².